The molecule has 1 saturated carbocycles. The Bertz CT molecular complexity index is 972. The monoisotopic (exact) mass is 345 g/mol. The highest BCUT2D eigenvalue weighted by Gasteiger charge is 2.38. The fourth-order valence-electron chi connectivity index (χ4n) is 3.56. The summed E-state index contributed by atoms with van der Waals surface area (Å²) < 4.78 is 41.1. The van der Waals surface area contributed by atoms with Gasteiger partial charge in [0.15, 0.2) is 0 Å². The summed E-state index contributed by atoms with van der Waals surface area (Å²) in [7, 11) is 0. The Labute approximate surface area is 141 Å². The van der Waals surface area contributed by atoms with E-state index in [2.05, 4.69) is 4.98 Å². The van der Waals surface area contributed by atoms with Crippen molar-refractivity contribution < 1.29 is 23.1 Å². The second kappa shape index (κ2) is 5.65. The molecule has 4 rings (SSSR count). The molecule has 2 aromatic carbocycles. The second-order valence-corrected chi connectivity index (χ2v) is 6.43. The number of hydrogen-bond acceptors (Lipinski definition) is 1. The van der Waals surface area contributed by atoms with Gasteiger partial charge >= 0.3 is 5.97 Å². The number of rotatable bonds is 3. The number of aromatic amines is 1. The maximum absolute atomic E-state index is 14.2. The lowest BCUT2D eigenvalue weighted by molar-refractivity contribution is -0.145. The Morgan fingerprint density at radius 2 is 1.72 bits per heavy atom. The van der Waals surface area contributed by atoms with Crippen LogP contribution in [0.15, 0.2) is 36.4 Å². The van der Waals surface area contributed by atoms with Crippen LogP contribution in [-0.2, 0) is 4.79 Å². The third kappa shape index (κ3) is 2.58. The molecular weight excluding hydrogens is 331 g/mol. The van der Waals surface area contributed by atoms with Crippen molar-refractivity contribution in [1.29, 1.82) is 0 Å². The van der Waals surface area contributed by atoms with Gasteiger partial charge in [0.05, 0.1) is 17.1 Å². The average molecular weight is 345 g/mol. The molecule has 25 heavy (non-hydrogen) atoms. The van der Waals surface area contributed by atoms with Gasteiger partial charge in [0.25, 0.3) is 0 Å². The van der Waals surface area contributed by atoms with Gasteiger partial charge in [-0.25, -0.2) is 13.2 Å². The largest absolute Gasteiger partial charge is 0.481 e. The highest BCUT2D eigenvalue weighted by Crippen LogP contribution is 2.48. The van der Waals surface area contributed by atoms with Crippen molar-refractivity contribution in [2.75, 3.05) is 0 Å². The summed E-state index contributed by atoms with van der Waals surface area (Å²) in [6, 6.07) is 7.77. The van der Waals surface area contributed by atoms with Crippen LogP contribution in [0.4, 0.5) is 13.2 Å². The van der Waals surface area contributed by atoms with Gasteiger partial charge in [0.1, 0.15) is 17.5 Å². The Morgan fingerprint density at radius 3 is 2.36 bits per heavy atom. The first-order chi connectivity index (χ1) is 11.9. The molecule has 0 spiro atoms. The first-order valence-electron chi connectivity index (χ1n) is 7.93. The molecule has 1 heterocycles. The molecule has 1 aromatic heterocycles. The minimum atomic E-state index is -0.864. The van der Waals surface area contributed by atoms with E-state index in [1.165, 1.54) is 18.2 Å². The summed E-state index contributed by atoms with van der Waals surface area (Å²) in [6.07, 6.45) is 0.823. The van der Waals surface area contributed by atoms with E-state index >= 15 is 0 Å². The Morgan fingerprint density at radius 1 is 1.04 bits per heavy atom. The number of fused-ring (bicyclic) bond motifs is 1. The molecule has 1 fully saturated rings. The molecule has 0 aliphatic heterocycles. The lowest BCUT2D eigenvalue weighted by Crippen LogP contribution is -2.28. The zero-order chi connectivity index (χ0) is 17.7. The van der Waals surface area contributed by atoms with Crippen LogP contribution >= 0.6 is 0 Å². The standard InChI is InChI=1S/C19H14F3NO2/c20-12-3-1-9(2-4-12)17-16(10-5-11(6-10)19(24)25)14-7-13(21)8-15(22)18(14)23-17/h1-4,7-8,10-11,23H,5-6H2,(H,24,25)/t10-,11-. The molecule has 3 nitrogen and oxygen atoms in total. The van der Waals surface area contributed by atoms with Gasteiger partial charge in [-0.15, -0.1) is 0 Å². The molecule has 0 bridgehead atoms. The van der Waals surface area contributed by atoms with Gasteiger partial charge < -0.3 is 10.1 Å². The predicted octanol–water partition coefficient (Wildman–Crippen LogP) is 4.83. The van der Waals surface area contributed by atoms with Gasteiger partial charge in [-0.3, -0.25) is 4.79 Å². The molecule has 0 unspecified atom stereocenters. The number of H-pyrrole nitrogens is 1. The first-order valence-corrected chi connectivity index (χ1v) is 7.93. The molecule has 0 radical (unpaired) electrons. The van der Waals surface area contributed by atoms with E-state index in [1.807, 2.05) is 0 Å². The number of carboxylic acid groups (broad SMARTS) is 1. The zero-order valence-electron chi connectivity index (χ0n) is 13.0. The topological polar surface area (TPSA) is 53.1 Å². The molecule has 1 aliphatic rings. The minimum Gasteiger partial charge on any atom is -0.481 e. The van der Waals surface area contributed by atoms with E-state index in [0.29, 0.717) is 35.0 Å². The number of hydrogen-bond donors (Lipinski definition) is 2. The van der Waals surface area contributed by atoms with E-state index in [4.69, 9.17) is 5.11 Å². The van der Waals surface area contributed by atoms with Crippen molar-refractivity contribution in [1.82, 2.24) is 4.98 Å². The Balaban J connectivity index is 1.89. The smallest absolute Gasteiger partial charge is 0.306 e. The van der Waals surface area contributed by atoms with Crippen molar-refractivity contribution in [3.63, 3.8) is 0 Å². The van der Waals surface area contributed by atoms with Gasteiger partial charge in [0, 0.05) is 11.5 Å². The molecule has 6 heteroatoms. The van der Waals surface area contributed by atoms with Crippen LogP contribution in [0, 0.1) is 23.4 Å². The number of carbonyl (C=O) groups is 1. The van der Waals surface area contributed by atoms with Gasteiger partial charge in [-0.1, -0.05) is 0 Å². The Kier molecular flexibility index (Phi) is 3.56. The fourth-order valence-corrected chi connectivity index (χ4v) is 3.56. The minimum absolute atomic E-state index is 0.115. The van der Waals surface area contributed by atoms with Gasteiger partial charge in [-0.05, 0) is 60.2 Å². The van der Waals surface area contributed by atoms with E-state index < -0.39 is 29.3 Å². The number of aliphatic carboxylic acids is 1. The first kappa shape index (κ1) is 15.7. The van der Waals surface area contributed by atoms with Crippen molar-refractivity contribution in [3.8, 4) is 11.3 Å². The summed E-state index contributed by atoms with van der Waals surface area (Å²) >= 11 is 0. The molecule has 3 aromatic rings. The van der Waals surface area contributed by atoms with E-state index in [1.54, 1.807) is 12.1 Å². The maximum atomic E-state index is 14.2. The summed E-state index contributed by atoms with van der Waals surface area (Å²) in [5.74, 6) is -3.22. The molecule has 0 atom stereocenters. The van der Waals surface area contributed by atoms with Crippen molar-refractivity contribution in [3.05, 3.63) is 59.4 Å². The van der Waals surface area contributed by atoms with Gasteiger partial charge in [-0.2, -0.15) is 0 Å². The van der Waals surface area contributed by atoms with E-state index in [9.17, 15) is 18.0 Å². The van der Waals surface area contributed by atoms with Crippen molar-refractivity contribution in [2.24, 2.45) is 5.92 Å². The van der Waals surface area contributed by atoms with E-state index in [0.717, 1.165) is 6.07 Å². The molecule has 0 saturated heterocycles. The van der Waals surface area contributed by atoms with Crippen LogP contribution in [-0.4, -0.2) is 16.1 Å². The van der Waals surface area contributed by atoms with Crippen LogP contribution in [0.25, 0.3) is 22.2 Å². The maximum Gasteiger partial charge on any atom is 0.306 e. The van der Waals surface area contributed by atoms with Gasteiger partial charge in [0.2, 0.25) is 0 Å². The Hall–Kier alpha value is -2.76. The van der Waals surface area contributed by atoms with Crippen LogP contribution in [0.3, 0.4) is 0 Å². The number of aromatic nitrogens is 1. The highest BCUT2D eigenvalue weighted by atomic mass is 19.1. The lowest BCUT2D eigenvalue weighted by atomic mass is 9.70. The number of halogens is 3. The van der Waals surface area contributed by atoms with E-state index in [-0.39, 0.29) is 11.4 Å². The summed E-state index contributed by atoms with van der Waals surface area (Å²) in [6.45, 7) is 0. The fraction of sp³-hybridized carbons (Fsp3) is 0.211. The number of nitrogens with one attached hydrogen (secondary N) is 1. The summed E-state index contributed by atoms with van der Waals surface area (Å²) in [5.41, 5.74) is 2.09. The molecule has 128 valence electrons. The van der Waals surface area contributed by atoms with Crippen LogP contribution in [0.2, 0.25) is 0 Å². The third-order valence-electron chi connectivity index (χ3n) is 4.89. The lowest BCUT2D eigenvalue weighted by Gasteiger charge is -2.33. The van der Waals surface area contributed by atoms with Crippen LogP contribution < -0.4 is 0 Å². The molecule has 2 N–H and O–H groups in total. The zero-order valence-corrected chi connectivity index (χ0v) is 13.0. The third-order valence-corrected chi connectivity index (χ3v) is 4.89. The highest BCUT2D eigenvalue weighted by molar-refractivity contribution is 5.92. The average Bonchev–Trinajstić information content (AvgIpc) is 2.86. The quantitative estimate of drug-likeness (QED) is 0.714. The summed E-state index contributed by atoms with van der Waals surface area (Å²) in [5, 5.41) is 9.51. The van der Waals surface area contributed by atoms with Crippen LogP contribution in [0.5, 0.6) is 0 Å². The predicted molar refractivity (Wildman–Crippen MR) is 86.7 cm³/mol. The summed E-state index contributed by atoms with van der Waals surface area (Å²) in [4.78, 5) is 14.1. The molecule has 0 amide bonds. The SMILES string of the molecule is O=C(O)[C@H]1C[C@H](c2c(-c3ccc(F)cc3)[nH]c3c(F)cc(F)cc32)C1. The number of benzene rings is 2. The van der Waals surface area contributed by atoms with Crippen LogP contribution in [0.1, 0.15) is 24.3 Å². The van der Waals surface area contributed by atoms with Crippen molar-refractivity contribution >= 4 is 16.9 Å². The van der Waals surface area contributed by atoms with Crippen molar-refractivity contribution in [2.45, 2.75) is 18.8 Å². The number of carboxylic acids is 1. The molecule has 1 aliphatic carbocycles. The second-order valence-electron chi connectivity index (χ2n) is 6.43. The normalized spacial score (nSPS) is 19.8. The molecular formula is C19H14F3NO2.